The molecule has 0 spiro atoms. The van der Waals surface area contributed by atoms with E-state index in [1.807, 2.05) is 0 Å². The van der Waals surface area contributed by atoms with Crippen LogP contribution in [-0.4, -0.2) is 37.8 Å². The van der Waals surface area contributed by atoms with Gasteiger partial charge in [-0.15, -0.1) is 0 Å². The molecule has 0 fully saturated rings. The summed E-state index contributed by atoms with van der Waals surface area (Å²) in [5.41, 5.74) is -0.163. The highest BCUT2D eigenvalue weighted by Crippen LogP contribution is 2.31. The summed E-state index contributed by atoms with van der Waals surface area (Å²) < 4.78 is 58.4. The van der Waals surface area contributed by atoms with Crippen LogP contribution in [0.15, 0.2) is 55.0 Å². The zero-order chi connectivity index (χ0) is 24.5. The number of carbonyl (C=O) groups is 1. The first kappa shape index (κ1) is 23.1. The number of anilines is 2. The third-order valence-electron chi connectivity index (χ3n) is 4.51. The van der Waals surface area contributed by atoms with Gasteiger partial charge in [0.15, 0.2) is 11.5 Å². The Morgan fingerprint density at radius 3 is 2.62 bits per heavy atom. The van der Waals surface area contributed by atoms with Crippen molar-refractivity contribution >= 4 is 29.2 Å². The molecule has 34 heavy (non-hydrogen) atoms. The van der Waals surface area contributed by atoms with Gasteiger partial charge in [-0.25, -0.2) is 23.8 Å². The molecule has 0 radical (unpaired) electrons. The van der Waals surface area contributed by atoms with Gasteiger partial charge in [0.05, 0.1) is 12.1 Å². The molecule has 8 nitrogen and oxygen atoms in total. The highest BCUT2D eigenvalue weighted by atomic mass is 35.5. The molecule has 0 saturated carbocycles. The van der Waals surface area contributed by atoms with Gasteiger partial charge in [-0.3, -0.25) is 0 Å². The van der Waals surface area contributed by atoms with E-state index in [1.54, 1.807) is 0 Å². The van der Waals surface area contributed by atoms with Crippen molar-refractivity contribution in [2.75, 3.05) is 12.4 Å². The quantitative estimate of drug-likeness (QED) is 0.307. The number of halogens is 5. The fourth-order valence-electron chi connectivity index (χ4n) is 2.92. The Morgan fingerprint density at radius 2 is 1.94 bits per heavy atom. The molecule has 4 rings (SSSR count). The fraction of sp³-hybridized carbons (Fsp3) is 0.0952. The number of benzene rings is 1. The number of pyridine rings is 1. The smallest absolute Gasteiger partial charge is 0.435 e. The lowest BCUT2D eigenvalue weighted by Gasteiger charge is -2.12. The Morgan fingerprint density at radius 1 is 1.15 bits per heavy atom. The van der Waals surface area contributed by atoms with Crippen LogP contribution >= 0.6 is 11.6 Å². The van der Waals surface area contributed by atoms with Crippen molar-refractivity contribution < 1.29 is 27.1 Å². The van der Waals surface area contributed by atoms with Gasteiger partial charge in [0.1, 0.15) is 11.5 Å². The number of ether oxygens (including phenoxy) is 1. The summed E-state index contributed by atoms with van der Waals surface area (Å²) in [5.74, 6) is -1.37. The first-order valence-corrected chi connectivity index (χ1v) is 9.80. The monoisotopic (exact) mass is 492 g/mol. The van der Waals surface area contributed by atoms with Gasteiger partial charge in [-0.05, 0) is 42.0 Å². The minimum Gasteiger partial charge on any atom is -0.464 e. The molecule has 174 valence electrons. The number of aromatic nitrogens is 5. The molecule has 3 aromatic heterocycles. The molecule has 0 atom stereocenters. The van der Waals surface area contributed by atoms with Gasteiger partial charge in [0, 0.05) is 29.8 Å². The van der Waals surface area contributed by atoms with Gasteiger partial charge >= 0.3 is 12.1 Å². The number of alkyl halides is 3. The second-order valence-corrected chi connectivity index (χ2v) is 7.16. The summed E-state index contributed by atoms with van der Waals surface area (Å²) in [6.07, 6.45) is -0.905. The topological polar surface area (TPSA) is 94.8 Å². The molecule has 0 aliphatic heterocycles. The van der Waals surface area contributed by atoms with Crippen molar-refractivity contribution in [3.8, 4) is 16.9 Å². The predicted octanol–water partition coefficient (Wildman–Crippen LogP) is 5.07. The average Bonchev–Trinajstić information content (AvgIpc) is 3.32. The molecule has 0 aliphatic rings. The molecule has 13 heteroatoms. The van der Waals surface area contributed by atoms with Crippen LogP contribution in [-0.2, 0) is 10.9 Å². The van der Waals surface area contributed by atoms with Crippen LogP contribution in [0.3, 0.4) is 0 Å². The van der Waals surface area contributed by atoms with Crippen molar-refractivity contribution in [2.24, 2.45) is 0 Å². The van der Waals surface area contributed by atoms with Gasteiger partial charge in [0.25, 0.3) is 0 Å². The minimum absolute atomic E-state index is 0.0206. The lowest BCUT2D eigenvalue weighted by Crippen LogP contribution is -2.10. The van der Waals surface area contributed by atoms with E-state index in [-0.39, 0.29) is 28.0 Å². The summed E-state index contributed by atoms with van der Waals surface area (Å²) in [7, 11) is 1.19. The number of esters is 1. The summed E-state index contributed by atoms with van der Waals surface area (Å²) in [6.45, 7) is 0. The number of nitrogens with zero attached hydrogens (tertiary/aromatic N) is 5. The molecule has 0 unspecified atom stereocenters. The lowest BCUT2D eigenvalue weighted by atomic mass is 10.1. The van der Waals surface area contributed by atoms with Crippen molar-refractivity contribution in [3.05, 3.63) is 77.2 Å². The van der Waals surface area contributed by atoms with Crippen LogP contribution in [0.25, 0.3) is 16.9 Å². The first-order valence-electron chi connectivity index (χ1n) is 9.43. The molecule has 0 amide bonds. The van der Waals surface area contributed by atoms with E-state index in [2.05, 4.69) is 30.1 Å². The zero-order valence-corrected chi connectivity index (χ0v) is 17.9. The van der Waals surface area contributed by atoms with Crippen LogP contribution in [0.5, 0.6) is 0 Å². The molecule has 0 saturated heterocycles. The fourth-order valence-corrected chi connectivity index (χ4v) is 3.10. The van der Waals surface area contributed by atoms with Crippen molar-refractivity contribution in [3.63, 3.8) is 0 Å². The number of hydrogen-bond acceptors (Lipinski definition) is 7. The number of nitrogens with one attached hydrogen (secondary N) is 1. The van der Waals surface area contributed by atoms with Crippen molar-refractivity contribution in [1.82, 2.24) is 24.7 Å². The van der Waals surface area contributed by atoms with E-state index < -0.39 is 23.7 Å². The molecule has 0 bridgehead atoms. The number of methoxy groups -OCH3 is 1. The van der Waals surface area contributed by atoms with Gasteiger partial charge in [-0.2, -0.15) is 23.3 Å². The van der Waals surface area contributed by atoms with E-state index >= 15 is 0 Å². The van der Waals surface area contributed by atoms with Crippen molar-refractivity contribution in [2.45, 2.75) is 6.18 Å². The van der Waals surface area contributed by atoms with Crippen LogP contribution in [0.4, 0.5) is 29.2 Å². The lowest BCUT2D eigenvalue weighted by molar-refractivity contribution is -0.141. The highest BCUT2D eigenvalue weighted by molar-refractivity contribution is 6.31. The maximum absolute atomic E-state index is 13.4. The second-order valence-electron chi connectivity index (χ2n) is 6.75. The van der Waals surface area contributed by atoms with Gasteiger partial charge in [-0.1, -0.05) is 11.6 Å². The maximum Gasteiger partial charge on any atom is 0.435 e. The standard InChI is InChI=1S/C21H13ClF4N6O2/c1-34-19(33)16-8-11(4-6-27-16)13-10-28-20(29-12-2-3-15(23)14(22)9-12)30-18(13)32-7-5-17(31-32)21(24,25)26/h2-10H,1H3,(H,28,29,30). The maximum atomic E-state index is 13.4. The molecular formula is C21H13ClF4N6O2. The van der Waals surface area contributed by atoms with Crippen LogP contribution in [0.1, 0.15) is 16.2 Å². The Balaban J connectivity index is 1.82. The number of carbonyl (C=O) groups excluding carboxylic acids is 1. The zero-order valence-electron chi connectivity index (χ0n) is 17.1. The summed E-state index contributed by atoms with van der Waals surface area (Å²) in [5, 5.41) is 6.25. The minimum atomic E-state index is -4.67. The predicted molar refractivity (Wildman–Crippen MR) is 113 cm³/mol. The van der Waals surface area contributed by atoms with Gasteiger partial charge < -0.3 is 10.1 Å². The Hall–Kier alpha value is -4.06. The molecule has 3 heterocycles. The average molecular weight is 493 g/mol. The van der Waals surface area contributed by atoms with E-state index in [1.165, 1.54) is 43.8 Å². The van der Waals surface area contributed by atoms with Crippen LogP contribution < -0.4 is 5.32 Å². The third kappa shape index (κ3) is 4.81. The largest absolute Gasteiger partial charge is 0.464 e. The first-order chi connectivity index (χ1) is 16.2. The Labute approximate surface area is 194 Å². The summed E-state index contributed by atoms with van der Waals surface area (Å²) in [4.78, 5) is 24.3. The summed E-state index contributed by atoms with van der Waals surface area (Å²) in [6, 6.07) is 7.53. The number of hydrogen-bond donors (Lipinski definition) is 1. The Kier molecular flexibility index (Phi) is 6.16. The molecule has 1 aromatic carbocycles. The third-order valence-corrected chi connectivity index (χ3v) is 4.80. The van der Waals surface area contributed by atoms with E-state index in [0.29, 0.717) is 11.3 Å². The SMILES string of the molecule is COC(=O)c1cc(-c2cnc(Nc3ccc(F)c(Cl)c3)nc2-n2ccc(C(F)(F)F)n2)ccn1. The highest BCUT2D eigenvalue weighted by Gasteiger charge is 2.34. The second kappa shape index (κ2) is 9.06. The summed E-state index contributed by atoms with van der Waals surface area (Å²) >= 11 is 5.79. The molecular weight excluding hydrogens is 480 g/mol. The van der Waals surface area contributed by atoms with Crippen LogP contribution in [0.2, 0.25) is 5.02 Å². The molecule has 1 N–H and O–H groups in total. The van der Waals surface area contributed by atoms with Crippen molar-refractivity contribution in [1.29, 1.82) is 0 Å². The van der Waals surface area contributed by atoms with E-state index in [0.717, 1.165) is 23.0 Å². The molecule has 4 aromatic rings. The van der Waals surface area contributed by atoms with Gasteiger partial charge in [0.2, 0.25) is 5.95 Å². The number of rotatable bonds is 5. The van der Waals surface area contributed by atoms with E-state index in [4.69, 9.17) is 11.6 Å². The normalized spacial score (nSPS) is 11.4. The van der Waals surface area contributed by atoms with Crippen LogP contribution in [0, 0.1) is 5.82 Å². The van der Waals surface area contributed by atoms with E-state index in [9.17, 15) is 22.4 Å². The molecule has 0 aliphatic carbocycles. The Bertz CT molecular complexity index is 1380.